The van der Waals surface area contributed by atoms with E-state index >= 15 is 0 Å². The lowest BCUT2D eigenvalue weighted by atomic mass is 10.2. The minimum atomic E-state index is -4.09. The van der Waals surface area contributed by atoms with Gasteiger partial charge in [0.15, 0.2) is 0 Å². The molecule has 1 amide bonds. The molecule has 172 valence electrons. The van der Waals surface area contributed by atoms with E-state index < -0.39 is 16.1 Å². The molecule has 0 unspecified atom stereocenters. The van der Waals surface area contributed by atoms with E-state index in [2.05, 4.69) is 5.10 Å². The second-order valence-electron chi connectivity index (χ2n) is 7.74. The van der Waals surface area contributed by atoms with Crippen LogP contribution in [0.2, 0.25) is 5.02 Å². The molecular formula is C23H23ClN4O4S. The van der Waals surface area contributed by atoms with Crippen LogP contribution < -0.4 is 0 Å². The van der Waals surface area contributed by atoms with Crippen LogP contribution in [-0.4, -0.2) is 44.0 Å². The van der Waals surface area contributed by atoms with Gasteiger partial charge >= 0.3 is 6.09 Å². The lowest BCUT2D eigenvalue weighted by Gasteiger charge is -2.19. The summed E-state index contributed by atoms with van der Waals surface area (Å²) in [6.07, 6.45) is 0.493. The van der Waals surface area contributed by atoms with Crippen LogP contribution >= 0.6 is 11.6 Å². The van der Waals surface area contributed by atoms with Crippen molar-refractivity contribution in [2.45, 2.75) is 19.9 Å². The number of hydrogen-bond acceptors (Lipinski definition) is 4. The largest absolute Gasteiger partial charge is 0.464 e. The smallest absolute Gasteiger partial charge is 0.421 e. The molecule has 33 heavy (non-hydrogen) atoms. The number of nitrogens with zero attached hydrogens (tertiary/aromatic N) is 4. The zero-order valence-corrected chi connectivity index (χ0v) is 19.7. The Bertz CT molecular complexity index is 1430. The second-order valence-corrected chi connectivity index (χ2v) is 10.2. The molecule has 0 radical (unpaired) electrons. The Hall–Kier alpha value is -3.30. The SMILES string of the molecule is Cc1nn(C)c(-n2ccc3cc(Cl)ccc32)c1CCS(=O)(=O)N(Cc1ccccc1)C(=O)O. The summed E-state index contributed by atoms with van der Waals surface area (Å²) in [6.45, 7) is 1.58. The minimum absolute atomic E-state index is 0.114. The van der Waals surface area contributed by atoms with E-state index in [-0.39, 0.29) is 18.7 Å². The van der Waals surface area contributed by atoms with Crippen LogP contribution in [0.5, 0.6) is 0 Å². The molecule has 0 saturated carbocycles. The Balaban J connectivity index is 1.65. The van der Waals surface area contributed by atoms with Crippen molar-refractivity contribution < 1.29 is 18.3 Å². The van der Waals surface area contributed by atoms with Crippen LogP contribution in [0.25, 0.3) is 16.7 Å². The molecule has 0 bridgehead atoms. The first kappa shape index (κ1) is 22.9. The highest BCUT2D eigenvalue weighted by Crippen LogP contribution is 2.27. The van der Waals surface area contributed by atoms with Crippen LogP contribution in [0.3, 0.4) is 0 Å². The van der Waals surface area contributed by atoms with Crippen LogP contribution in [0.15, 0.2) is 60.8 Å². The third kappa shape index (κ3) is 4.60. The van der Waals surface area contributed by atoms with Gasteiger partial charge in [0.05, 0.1) is 23.5 Å². The van der Waals surface area contributed by atoms with Crippen LogP contribution in [0.1, 0.15) is 16.8 Å². The average molecular weight is 487 g/mol. The van der Waals surface area contributed by atoms with Gasteiger partial charge in [0.1, 0.15) is 5.82 Å². The zero-order chi connectivity index (χ0) is 23.8. The molecule has 0 spiro atoms. The van der Waals surface area contributed by atoms with Gasteiger partial charge in [0.2, 0.25) is 10.0 Å². The first-order chi connectivity index (χ1) is 15.7. The first-order valence-corrected chi connectivity index (χ1v) is 12.2. The number of hydrogen-bond donors (Lipinski definition) is 1. The Labute approximate surface area is 196 Å². The minimum Gasteiger partial charge on any atom is -0.464 e. The van der Waals surface area contributed by atoms with Crippen molar-refractivity contribution in [1.29, 1.82) is 0 Å². The lowest BCUT2D eigenvalue weighted by molar-refractivity contribution is 0.170. The molecule has 10 heteroatoms. The topological polar surface area (TPSA) is 97.4 Å². The van der Waals surface area contributed by atoms with Crippen molar-refractivity contribution in [1.82, 2.24) is 18.7 Å². The first-order valence-electron chi connectivity index (χ1n) is 10.2. The molecule has 2 aromatic heterocycles. The molecule has 0 aliphatic carbocycles. The average Bonchev–Trinajstić information content (AvgIpc) is 3.29. The second kappa shape index (κ2) is 8.92. The number of amides is 1. The number of carboxylic acid groups (broad SMARTS) is 1. The summed E-state index contributed by atoms with van der Waals surface area (Å²) in [6, 6.07) is 16.1. The van der Waals surface area contributed by atoms with E-state index in [1.54, 1.807) is 48.1 Å². The maximum Gasteiger partial charge on any atom is 0.421 e. The van der Waals surface area contributed by atoms with Crippen LogP contribution in [0.4, 0.5) is 4.79 Å². The molecule has 4 aromatic rings. The Morgan fingerprint density at radius 3 is 2.58 bits per heavy atom. The van der Waals surface area contributed by atoms with Gasteiger partial charge in [-0.3, -0.25) is 4.68 Å². The molecule has 0 saturated heterocycles. The van der Waals surface area contributed by atoms with Gasteiger partial charge in [-0.1, -0.05) is 41.9 Å². The summed E-state index contributed by atoms with van der Waals surface area (Å²) in [5, 5.41) is 15.6. The Morgan fingerprint density at radius 2 is 1.88 bits per heavy atom. The molecule has 0 aliphatic heterocycles. The number of halogens is 1. The molecule has 0 atom stereocenters. The molecule has 8 nitrogen and oxygen atoms in total. The summed E-state index contributed by atoms with van der Waals surface area (Å²) < 4.78 is 30.2. The highest BCUT2D eigenvalue weighted by Gasteiger charge is 2.28. The van der Waals surface area contributed by atoms with Crippen molar-refractivity contribution in [3.63, 3.8) is 0 Å². The molecule has 2 aromatic carbocycles. The number of fused-ring (bicyclic) bond motifs is 1. The number of aromatic nitrogens is 3. The summed E-state index contributed by atoms with van der Waals surface area (Å²) in [5.41, 5.74) is 2.92. The molecule has 1 N–H and O–H groups in total. The Morgan fingerprint density at radius 1 is 1.15 bits per heavy atom. The van der Waals surface area contributed by atoms with Gasteiger partial charge in [-0.2, -0.15) is 5.10 Å². The molecule has 0 aliphatic rings. The maximum atomic E-state index is 13.0. The van der Waals surface area contributed by atoms with Crippen molar-refractivity contribution in [2.24, 2.45) is 7.05 Å². The van der Waals surface area contributed by atoms with Crippen molar-refractivity contribution in [2.75, 3.05) is 5.75 Å². The highest BCUT2D eigenvalue weighted by molar-refractivity contribution is 7.89. The van der Waals surface area contributed by atoms with Gasteiger partial charge < -0.3 is 9.67 Å². The molecular weight excluding hydrogens is 464 g/mol. The fraction of sp³-hybridized carbons (Fsp3) is 0.217. The third-order valence-corrected chi connectivity index (χ3v) is 7.43. The van der Waals surface area contributed by atoms with E-state index in [9.17, 15) is 18.3 Å². The number of carbonyl (C=O) groups is 1. The predicted octanol–water partition coefficient (Wildman–Crippen LogP) is 4.38. The van der Waals surface area contributed by atoms with Gasteiger partial charge in [0.25, 0.3) is 0 Å². The zero-order valence-electron chi connectivity index (χ0n) is 18.1. The van der Waals surface area contributed by atoms with E-state index in [4.69, 9.17) is 11.6 Å². The third-order valence-electron chi connectivity index (χ3n) is 5.52. The van der Waals surface area contributed by atoms with E-state index in [0.29, 0.717) is 20.6 Å². The number of sulfonamides is 1. The summed E-state index contributed by atoms with van der Waals surface area (Å²) >= 11 is 6.11. The van der Waals surface area contributed by atoms with Gasteiger partial charge in [-0.15, -0.1) is 0 Å². The molecule has 4 rings (SSSR count). The fourth-order valence-corrected chi connectivity index (χ4v) is 5.40. The van der Waals surface area contributed by atoms with E-state index in [1.165, 1.54) is 0 Å². The van der Waals surface area contributed by atoms with Gasteiger partial charge in [-0.05, 0) is 43.2 Å². The van der Waals surface area contributed by atoms with Crippen LogP contribution in [0, 0.1) is 6.92 Å². The number of benzene rings is 2. The lowest BCUT2D eigenvalue weighted by Crippen LogP contribution is -2.37. The Kier molecular flexibility index (Phi) is 6.18. The molecule has 0 fully saturated rings. The van der Waals surface area contributed by atoms with Gasteiger partial charge in [-0.25, -0.2) is 17.5 Å². The predicted molar refractivity (Wildman–Crippen MR) is 127 cm³/mol. The highest BCUT2D eigenvalue weighted by atomic mass is 35.5. The number of rotatable bonds is 7. The normalized spacial score (nSPS) is 11.7. The van der Waals surface area contributed by atoms with Gasteiger partial charge in [0, 0.05) is 29.2 Å². The molecule has 2 heterocycles. The monoisotopic (exact) mass is 486 g/mol. The summed E-state index contributed by atoms with van der Waals surface area (Å²) in [5.74, 6) is 0.362. The van der Waals surface area contributed by atoms with Crippen molar-refractivity contribution in [3.8, 4) is 5.82 Å². The van der Waals surface area contributed by atoms with E-state index in [1.807, 2.05) is 35.9 Å². The van der Waals surface area contributed by atoms with Crippen molar-refractivity contribution in [3.05, 3.63) is 82.6 Å². The summed E-state index contributed by atoms with van der Waals surface area (Å²) in [7, 11) is -2.30. The fourth-order valence-electron chi connectivity index (χ4n) is 3.96. The van der Waals surface area contributed by atoms with Crippen LogP contribution in [-0.2, 0) is 30.0 Å². The number of aryl methyl sites for hydroxylation is 2. The van der Waals surface area contributed by atoms with Crippen molar-refractivity contribution >= 4 is 38.6 Å². The standard InChI is InChI=1S/C23H23ClN4O4S/c1-16-20(11-13-33(31,32)28(23(29)30)15-17-6-4-3-5-7-17)22(26(2)25-16)27-12-10-18-14-19(24)8-9-21(18)27/h3-10,12,14H,11,13,15H2,1-2H3,(H,29,30). The maximum absolute atomic E-state index is 13.0. The summed E-state index contributed by atoms with van der Waals surface area (Å²) in [4.78, 5) is 11.8. The quantitative estimate of drug-likeness (QED) is 0.418. The van der Waals surface area contributed by atoms with E-state index in [0.717, 1.165) is 22.3 Å².